The molecule has 0 unspecified atom stereocenters. The normalized spacial score (nSPS) is 12.1. The van der Waals surface area contributed by atoms with Crippen molar-refractivity contribution in [1.82, 2.24) is 0 Å². The summed E-state index contributed by atoms with van der Waals surface area (Å²) in [6.07, 6.45) is -4.93. The molecule has 0 atom stereocenters. The molecule has 1 aromatic carbocycles. The van der Waals surface area contributed by atoms with E-state index in [2.05, 4.69) is 10.2 Å². The molecule has 7 nitrogen and oxygen atoms in total. The topological polar surface area (TPSA) is 103 Å². The van der Waals surface area contributed by atoms with Crippen molar-refractivity contribution in [3.63, 3.8) is 0 Å². The molecule has 0 amide bonds. The van der Waals surface area contributed by atoms with Gasteiger partial charge in [0.15, 0.2) is 0 Å². The molecule has 0 aliphatic rings. The maximum absolute atomic E-state index is 12.4. The lowest BCUT2D eigenvalue weighted by Crippen LogP contribution is -2.42. The molecule has 10 heteroatoms. The van der Waals surface area contributed by atoms with Crippen molar-refractivity contribution in [3.05, 3.63) is 23.8 Å². The van der Waals surface area contributed by atoms with Crippen molar-refractivity contribution in [2.24, 2.45) is 5.84 Å². The summed E-state index contributed by atoms with van der Waals surface area (Å²) in [5.41, 5.74) is 1.97. The second kappa shape index (κ2) is 7.49. The second-order valence-corrected chi connectivity index (χ2v) is 4.19. The summed E-state index contributed by atoms with van der Waals surface area (Å²) in [4.78, 5) is 11.7. The molecular weight excluding hydrogens is 321 g/mol. The SMILES string of the molecule is CCOC(OCC)(C(=O)O)c1cc(OC(F)(F)F)ccc1NN. The van der Waals surface area contributed by atoms with Gasteiger partial charge in [0.25, 0.3) is 5.79 Å². The van der Waals surface area contributed by atoms with Gasteiger partial charge >= 0.3 is 12.3 Å². The summed E-state index contributed by atoms with van der Waals surface area (Å²) in [6, 6.07) is 2.96. The Morgan fingerprint density at radius 2 is 1.83 bits per heavy atom. The van der Waals surface area contributed by atoms with Crippen molar-refractivity contribution in [2.45, 2.75) is 26.0 Å². The summed E-state index contributed by atoms with van der Waals surface area (Å²) in [7, 11) is 0. The number of nitrogens with one attached hydrogen (secondary N) is 1. The number of ether oxygens (including phenoxy) is 3. The van der Waals surface area contributed by atoms with Gasteiger partial charge in [0, 0.05) is 13.2 Å². The summed E-state index contributed by atoms with van der Waals surface area (Å²) in [5.74, 6) is 0.809. The Balaban J connectivity index is 3.48. The maximum atomic E-state index is 12.4. The third-order valence-electron chi connectivity index (χ3n) is 2.71. The minimum Gasteiger partial charge on any atom is -0.477 e. The van der Waals surface area contributed by atoms with E-state index in [1.807, 2.05) is 0 Å². The van der Waals surface area contributed by atoms with E-state index in [-0.39, 0.29) is 24.5 Å². The molecule has 0 saturated carbocycles. The average Bonchev–Trinajstić information content (AvgIpc) is 2.45. The van der Waals surface area contributed by atoms with E-state index in [0.717, 1.165) is 18.2 Å². The first-order valence-corrected chi connectivity index (χ1v) is 6.58. The van der Waals surface area contributed by atoms with Gasteiger partial charge in [-0.2, -0.15) is 0 Å². The first-order chi connectivity index (χ1) is 10.7. The zero-order chi connectivity index (χ0) is 17.7. The number of nitrogen functional groups attached to an aromatic ring is 1. The molecule has 0 aliphatic carbocycles. The van der Waals surface area contributed by atoms with Gasteiger partial charge < -0.3 is 24.7 Å². The Morgan fingerprint density at radius 3 is 2.22 bits per heavy atom. The molecule has 23 heavy (non-hydrogen) atoms. The third-order valence-corrected chi connectivity index (χ3v) is 2.71. The molecular formula is C13H17F3N2O5. The molecule has 1 rings (SSSR count). The van der Waals surface area contributed by atoms with Crippen LogP contribution in [0, 0.1) is 0 Å². The van der Waals surface area contributed by atoms with Gasteiger partial charge in [-0.1, -0.05) is 0 Å². The minimum atomic E-state index is -4.93. The largest absolute Gasteiger partial charge is 0.573 e. The van der Waals surface area contributed by atoms with Gasteiger partial charge in [0.1, 0.15) is 5.75 Å². The Bertz CT molecular complexity index is 545. The van der Waals surface area contributed by atoms with Crippen molar-refractivity contribution < 1.29 is 37.3 Å². The first-order valence-electron chi connectivity index (χ1n) is 6.58. The first kappa shape index (κ1) is 19.0. The Hall–Kier alpha value is -2.04. The highest BCUT2D eigenvalue weighted by molar-refractivity contribution is 5.81. The predicted octanol–water partition coefficient (Wildman–Crippen LogP) is 2.18. The van der Waals surface area contributed by atoms with Crippen LogP contribution in [0.5, 0.6) is 5.75 Å². The van der Waals surface area contributed by atoms with E-state index >= 15 is 0 Å². The highest BCUT2D eigenvalue weighted by Crippen LogP contribution is 2.37. The van der Waals surface area contributed by atoms with Crippen LogP contribution in [0.4, 0.5) is 18.9 Å². The number of hydrogen-bond acceptors (Lipinski definition) is 6. The van der Waals surface area contributed by atoms with Crippen LogP contribution < -0.4 is 16.0 Å². The van der Waals surface area contributed by atoms with Crippen LogP contribution in [0.3, 0.4) is 0 Å². The monoisotopic (exact) mass is 338 g/mol. The van der Waals surface area contributed by atoms with E-state index in [9.17, 15) is 23.1 Å². The molecule has 1 aromatic rings. The number of carboxylic acids is 1. The molecule has 4 N–H and O–H groups in total. The van der Waals surface area contributed by atoms with E-state index < -0.39 is 23.9 Å². The fourth-order valence-corrected chi connectivity index (χ4v) is 1.96. The van der Waals surface area contributed by atoms with Crippen molar-refractivity contribution >= 4 is 11.7 Å². The zero-order valence-corrected chi connectivity index (χ0v) is 12.4. The van der Waals surface area contributed by atoms with E-state index in [0.29, 0.717) is 0 Å². The Kier molecular flexibility index (Phi) is 6.19. The molecule has 0 spiro atoms. The van der Waals surface area contributed by atoms with Crippen molar-refractivity contribution in [2.75, 3.05) is 18.6 Å². The number of hydrogen-bond donors (Lipinski definition) is 3. The van der Waals surface area contributed by atoms with Crippen LogP contribution in [0.15, 0.2) is 18.2 Å². The minimum absolute atomic E-state index is 0.0174. The van der Waals surface area contributed by atoms with Gasteiger partial charge in [-0.25, -0.2) is 4.79 Å². The van der Waals surface area contributed by atoms with Crippen molar-refractivity contribution in [3.8, 4) is 5.75 Å². The van der Waals surface area contributed by atoms with Crippen LogP contribution in [0.2, 0.25) is 0 Å². The predicted molar refractivity (Wildman–Crippen MR) is 73.5 cm³/mol. The van der Waals surface area contributed by atoms with Gasteiger partial charge in [-0.05, 0) is 32.0 Å². The summed E-state index contributed by atoms with van der Waals surface area (Å²) >= 11 is 0. The van der Waals surface area contributed by atoms with Gasteiger partial charge in [0.2, 0.25) is 0 Å². The molecule has 0 heterocycles. The molecule has 0 aliphatic heterocycles. The highest BCUT2D eigenvalue weighted by Gasteiger charge is 2.45. The number of alkyl halides is 3. The average molecular weight is 338 g/mol. The molecule has 0 saturated heterocycles. The fraction of sp³-hybridized carbons (Fsp3) is 0.462. The standard InChI is InChI=1S/C13H17F3N2O5/c1-3-21-12(11(19)20,22-4-2)9-7-8(23-13(14,15)16)5-6-10(9)18-17/h5-7,18H,3-4,17H2,1-2H3,(H,19,20). The number of carboxylic acid groups (broad SMARTS) is 1. The number of hydrazine groups is 1. The van der Waals surface area contributed by atoms with E-state index in [1.54, 1.807) is 0 Å². The number of halogens is 3. The number of carbonyl (C=O) groups is 1. The maximum Gasteiger partial charge on any atom is 0.573 e. The van der Waals surface area contributed by atoms with Gasteiger partial charge in [-0.3, -0.25) is 5.84 Å². The molecule has 0 aromatic heterocycles. The number of rotatable bonds is 8. The summed E-state index contributed by atoms with van der Waals surface area (Å²) < 4.78 is 51.3. The third kappa shape index (κ3) is 4.47. The lowest BCUT2D eigenvalue weighted by Gasteiger charge is -2.31. The smallest absolute Gasteiger partial charge is 0.477 e. The number of benzene rings is 1. The van der Waals surface area contributed by atoms with Gasteiger partial charge in [-0.15, -0.1) is 13.2 Å². The Morgan fingerprint density at radius 1 is 1.26 bits per heavy atom. The summed E-state index contributed by atoms with van der Waals surface area (Å²) in [5, 5.41) is 9.50. The number of nitrogens with two attached hydrogens (primary N) is 1. The number of anilines is 1. The van der Waals surface area contributed by atoms with Crippen LogP contribution in [0.25, 0.3) is 0 Å². The van der Waals surface area contributed by atoms with E-state index in [1.165, 1.54) is 13.8 Å². The van der Waals surface area contributed by atoms with Gasteiger partial charge in [0.05, 0.1) is 11.3 Å². The quantitative estimate of drug-likeness (QED) is 0.379. The lowest BCUT2D eigenvalue weighted by molar-refractivity contribution is -0.275. The Labute approximate surface area is 130 Å². The second-order valence-electron chi connectivity index (χ2n) is 4.19. The molecule has 0 radical (unpaired) electrons. The number of aliphatic carboxylic acids is 1. The molecule has 0 bridgehead atoms. The van der Waals surface area contributed by atoms with E-state index in [4.69, 9.17) is 15.3 Å². The van der Waals surface area contributed by atoms with Crippen LogP contribution in [0.1, 0.15) is 19.4 Å². The summed E-state index contributed by atoms with van der Waals surface area (Å²) in [6.45, 7) is 2.89. The van der Waals surface area contributed by atoms with Crippen molar-refractivity contribution in [1.29, 1.82) is 0 Å². The molecule has 0 fully saturated rings. The highest BCUT2D eigenvalue weighted by atomic mass is 19.4. The zero-order valence-electron chi connectivity index (χ0n) is 12.4. The molecule has 130 valence electrons. The van der Waals surface area contributed by atoms with Crippen LogP contribution in [-0.2, 0) is 20.1 Å². The van der Waals surface area contributed by atoms with Crippen LogP contribution in [-0.4, -0.2) is 30.7 Å². The lowest BCUT2D eigenvalue weighted by atomic mass is 10.0. The fourth-order valence-electron chi connectivity index (χ4n) is 1.96. The van der Waals surface area contributed by atoms with Crippen LogP contribution >= 0.6 is 0 Å².